The van der Waals surface area contributed by atoms with Crippen LogP contribution in [0, 0.1) is 0 Å². The number of hydrogen-bond donors (Lipinski definition) is 1. The lowest BCUT2D eigenvalue weighted by molar-refractivity contribution is -0.142. The number of ether oxygens (including phenoxy) is 1. The Morgan fingerprint density at radius 2 is 2.19 bits per heavy atom. The Hall–Kier alpha value is -1.72. The first-order chi connectivity index (χ1) is 7.54. The smallest absolute Gasteiger partial charge is 0.311 e. The van der Waals surface area contributed by atoms with Gasteiger partial charge in [-0.05, 0) is 19.1 Å². The fraction of sp³-hybridized carbons (Fsp3) is 0.400. The summed E-state index contributed by atoms with van der Waals surface area (Å²) in [6.45, 7) is 1.89. The highest BCUT2D eigenvalue weighted by Crippen LogP contribution is 2.13. The molecule has 0 radical (unpaired) electrons. The molecule has 0 amide bonds. The van der Waals surface area contributed by atoms with Crippen LogP contribution in [0.4, 0.5) is 8.78 Å². The molecule has 0 fully saturated rings. The molecule has 1 heterocycles. The van der Waals surface area contributed by atoms with E-state index >= 15 is 0 Å². The SMILES string of the molecule is CCOC(=O)Cc1ccc(C(F)F)c(=O)[nH]1. The lowest BCUT2D eigenvalue weighted by atomic mass is 10.2. The third-order valence-electron chi connectivity index (χ3n) is 1.88. The molecule has 0 saturated carbocycles. The number of pyridine rings is 1. The van der Waals surface area contributed by atoms with E-state index in [9.17, 15) is 18.4 Å². The summed E-state index contributed by atoms with van der Waals surface area (Å²) in [5, 5.41) is 0. The van der Waals surface area contributed by atoms with Gasteiger partial charge < -0.3 is 9.72 Å². The zero-order valence-corrected chi connectivity index (χ0v) is 8.63. The van der Waals surface area contributed by atoms with E-state index in [4.69, 9.17) is 0 Å². The minimum absolute atomic E-state index is 0.132. The van der Waals surface area contributed by atoms with Crippen LogP contribution in [0.3, 0.4) is 0 Å². The van der Waals surface area contributed by atoms with Crippen LogP contribution in [0.15, 0.2) is 16.9 Å². The predicted octanol–water partition coefficient (Wildman–Crippen LogP) is 1.42. The second kappa shape index (κ2) is 5.39. The van der Waals surface area contributed by atoms with Crippen LogP contribution in [0.2, 0.25) is 0 Å². The summed E-state index contributed by atoms with van der Waals surface area (Å²) in [6.07, 6.45) is -2.95. The van der Waals surface area contributed by atoms with E-state index in [1.165, 1.54) is 6.07 Å². The van der Waals surface area contributed by atoms with Crippen molar-refractivity contribution in [3.05, 3.63) is 33.7 Å². The number of H-pyrrole nitrogens is 1. The molecule has 0 atom stereocenters. The molecule has 0 saturated heterocycles. The van der Waals surface area contributed by atoms with Crippen molar-refractivity contribution in [2.45, 2.75) is 19.8 Å². The Morgan fingerprint density at radius 3 is 2.69 bits per heavy atom. The van der Waals surface area contributed by atoms with Gasteiger partial charge in [0.25, 0.3) is 12.0 Å². The summed E-state index contributed by atoms with van der Waals surface area (Å²) < 4.78 is 29.1. The van der Waals surface area contributed by atoms with Gasteiger partial charge >= 0.3 is 5.97 Å². The molecule has 1 N–H and O–H groups in total. The highest BCUT2D eigenvalue weighted by Gasteiger charge is 2.13. The monoisotopic (exact) mass is 231 g/mol. The topological polar surface area (TPSA) is 59.2 Å². The van der Waals surface area contributed by atoms with E-state index in [1.807, 2.05) is 0 Å². The molecule has 88 valence electrons. The average molecular weight is 231 g/mol. The molecule has 4 nitrogen and oxygen atoms in total. The van der Waals surface area contributed by atoms with E-state index in [2.05, 4.69) is 9.72 Å². The third kappa shape index (κ3) is 3.15. The van der Waals surface area contributed by atoms with Crippen LogP contribution in [0.1, 0.15) is 24.6 Å². The first-order valence-electron chi connectivity index (χ1n) is 4.70. The third-order valence-corrected chi connectivity index (χ3v) is 1.88. The van der Waals surface area contributed by atoms with Crippen LogP contribution >= 0.6 is 0 Å². The lowest BCUT2D eigenvalue weighted by Crippen LogP contribution is -2.17. The van der Waals surface area contributed by atoms with Crippen LogP contribution in [0.25, 0.3) is 0 Å². The van der Waals surface area contributed by atoms with Crippen LogP contribution in [-0.4, -0.2) is 17.6 Å². The Labute approximate surface area is 90.2 Å². The molecule has 0 aromatic carbocycles. The summed E-state index contributed by atoms with van der Waals surface area (Å²) in [5.41, 5.74) is -1.22. The minimum Gasteiger partial charge on any atom is -0.466 e. The molecule has 0 unspecified atom stereocenters. The minimum atomic E-state index is -2.82. The lowest BCUT2D eigenvalue weighted by Gasteiger charge is -2.03. The van der Waals surface area contributed by atoms with E-state index < -0.39 is 23.5 Å². The summed E-state index contributed by atoms with van der Waals surface area (Å²) in [6, 6.07) is 2.29. The van der Waals surface area contributed by atoms with Crippen molar-refractivity contribution in [2.75, 3.05) is 6.61 Å². The van der Waals surface area contributed by atoms with Crippen LogP contribution < -0.4 is 5.56 Å². The standard InChI is InChI=1S/C10H11F2NO3/c1-2-16-8(14)5-6-3-4-7(9(11)12)10(15)13-6/h3-4,9H,2,5H2,1H3,(H,13,15). The van der Waals surface area contributed by atoms with E-state index in [0.717, 1.165) is 6.07 Å². The first kappa shape index (κ1) is 12.4. The molecule has 1 rings (SSSR count). The molecule has 1 aromatic heterocycles. The Morgan fingerprint density at radius 1 is 1.50 bits per heavy atom. The molecular weight excluding hydrogens is 220 g/mol. The number of aromatic amines is 1. The van der Waals surface area contributed by atoms with Crippen molar-refractivity contribution in [1.29, 1.82) is 0 Å². The van der Waals surface area contributed by atoms with Gasteiger partial charge in [-0.25, -0.2) is 8.78 Å². The summed E-state index contributed by atoms with van der Waals surface area (Å²) in [4.78, 5) is 24.4. The number of alkyl halides is 2. The summed E-state index contributed by atoms with van der Waals surface area (Å²) >= 11 is 0. The fourth-order valence-electron chi connectivity index (χ4n) is 1.17. The normalized spacial score (nSPS) is 10.5. The number of rotatable bonds is 4. The van der Waals surface area contributed by atoms with Gasteiger partial charge in [0.2, 0.25) is 0 Å². The highest BCUT2D eigenvalue weighted by atomic mass is 19.3. The maximum absolute atomic E-state index is 12.2. The van der Waals surface area contributed by atoms with Crippen LogP contribution in [-0.2, 0) is 16.0 Å². The number of aromatic nitrogens is 1. The zero-order chi connectivity index (χ0) is 12.1. The van der Waals surface area contributed by atoms with Crippen molar-refractivity contribution >= 4 is 5.97 Å². The quantitative estimate of drug-likeness (QED) is 0.797. The molecule has 0 aliphatic rings. The van der Waals surface area contributed by atoms with Gasteiger partial charge in [-0.15, -0.1) is 0 Å². The molecule has 0 spiro atoms. The number of hydrogen-bond acceptors (Lipinski definition) is 3. The largest absolute Gasteiger partial charge is 0.466 e. The van der Waals surface area contributed by atoms with Crippen molar-refractivity contribution < 1.29 is 18.3 Å². The number of esters is 1. The number of carbonyl (C=O) groups is 1. The van der Waals surface area contributed by atoms with Gasteiger partial charge in [0.1, 0.15) is 0 Å². The maximum atomic E-state index is 12.2. The second-order valence-corrected chi connectivity index (χ2v) is 3.05. The average Bonchev–Trinajstić information content (AvgIpc) is 2.17. The van der Waals surface area contributed by atoms with Gasteiger partial charge in [0.05, 0.1) is 18.6 Å². The van der Waals surface area contributed by atoms with Gasteiger partial charge in [0.15, 0.2) is 0 Å². The summed E-state index contributed by atoms with van der Waals surface area (Å²) in [5.74, 6) is -0.511. The molecule has 0 bridgehead atoms. The van der Waals surface area contributed by atoms with E-state index in [0.29, 0.717) is 0 Å². The van der Waals surface area contributed by atoms with Gasteiger partial charge in [0, 0.05) is 5.69 Å². The molecular formula is C10H11F2NO3. The van der Waals surface area contributed by atoms with E-state index in [-0.39, 0.29) is 18.7 Å². The van der Waals surface area contributed by atoms with Crippen molar-refractivity contribution in [2.24, 2.45) is 0 Å². The van der Waals surface area contributed by atoms with Gasteiger partial charge in [-0.1, -0.05) is 0 Å². The molecule has 0 aliphatic heterocycles. The van der Waals surface area contributed by atoms with Gasteiger partial charge in [-0.2, -0.15) is 0 Å². The first-order valence-corrected chi connectivity index (χ1v) is 4.70. The fourth-order valence-corrected chi connectivity index (χ4v) is 1.17. The second-order valence-electron chi connectivity index (χ2n) is 3.05. The molecule has 0 aliphatic carbocycles. The molecule has 16 heavy (non-hydrogen) atoms. The Kier molecular flexibility index (Phi) is 4.16. The predicted molar refractivity (Wildman–Crippen MR) is 52.4 cm³/mol. The highest BCUT2D eigenvalue weighted by molar-refractivity contribution is 5.71. The molecule has 6 heteroatoms. The van der Waals surface area contributed by atoms with Crippen molar-refractivity contribution in [1.82, 2.24) is 4.98 Å². The summed E-state index contributed by atoms with van der Waals surface area (Å²) in [7, 11) is 0. The number of halogens is 2. The number of carbonyl (C=O) groups excluding carboxylic acids is 1. The Balaban J connectivity index is 2.82. The van der Waals surface area contributed by atoms with E-state index in [1.54, 1.807) is 6.92 Å². The maximum Gasteiger partial charge on any atom is 0.311 e. The Bertz CT molecular complexity index is 428. The zero-order valence-electron chi connectivity index (χ0n) is 8.63. The van der Waals surface area contributed by atoms with Crippen molar-refractivity contribution in [3.63, 3.8) is 0 Å². The molecule has 1 aromatic rings. The van der Waals surface area contributed by atoms with Gasteiger partial charge in [-0.3, -0.25) is 9.59 Å². The van der Waals surface area contributed by atoms with Crippen LogP contribution in [0.5, 0.6) is 0 Å². The number of nitrogens with one attached hydrogen (secondary N) is 1. The van der Waals surface area contributed by atoms with Crippen molar-refractivity contribution in [3.8, 4) is 0 Å².